The van der Waals surface area contributed by atoms with Crippen LogP contribution in [0, 0.1) is 12.9 Å². The Balaban J connectivity index is 2.05. The first kappa shape index (κ1) is 10.5. The van der Waals surface area contributed by atoms with Crippen molar-refractivity contribution in [2.45, 2.75) is 13.5 Å². The van der Waals surface area contributed by atoms with E-state index in [2.05, 4.69) is 15.3 Å². The van der Waals surface area contributed by atoms with Crippen LogP contribution in [0.3, 0.4) is 0 Å². The maximum Gasteiger partial charge on any atom is 0.214 e. The number of hydrogen-bond donors (Lipinski definition) is 1. The molecule has 0 spiro atoms. The summed E-state index contributed by atoms with van der Waals surface area (Å²) in [5.74, 6) is -0.476. The number of hydrogen-bond acceptors (Lipinski definition) is 3. The summed E-state index contributed by atoms with van der Waals surface area (Å²) in [5.41, 5.74) is 2.99. The minimum Gasteiger partial charge on any atom is -0.381 e. The number of rotatable bonds is 3. The Labute approximate surface area is 93.4 Å². The van der Waals surface area contributed by atoms with Gasteiger partial charge in [0.2, 0.25) is 5.95 Å². The molecule has 4 heteroatoms. The summed E-state index contributed by atoms with van der Waals surface area (Å²) in [6, 6.07) is 5.05. The van der Waals surface area contributed by atoms with E-state index in [0.717, 1.165) is 16.8 Å². The van der Waals surface area contributed by atoms with Crippen molar-refractivity contribution in [2.75, 3.05) is 5.32 Å². The van der Waals surface area contributed by atoms with Crippen LogP contribution in [0.2, 0.25) is 0 Å². The fourth-order valence-corrected chi connectivity index (χ4v) is 1.41. The van der Waals surface area contributed by atoms with Crippen LogP contribution in [-0.2, 0) is 6.54 Å². The topological polar surface area (TPSA) is 37.8 Å². The van der Waals surface area contributed by atoms with Gasteiger partial charge in [-0.15, -0.1) is 0 Å². The molecule has 82 valence electrons. The SMILES string of the molecule is Cc1cnccc1CNc1ccnc(F)c1. The Bertz CT molecular complexity index is 485. The second kappa shape index (κ2) is 4.70. The molecule has 0 bridgehead atoms. The van der Waals surface area contributed by atoms with Crippen molar-refractivity contribution in [3.05, 3.63) is 53.9 Å². The van der Waals surface area contributed by atoms with Gasteiger partial charge in [-0.2, -0.15) is 4.39 Å². The molecule has 0 atom stereocenters. The van der Waals surface area contributed by atoms with Gasteiger partial charge in [0.05, 0.1) is 0 Å². The second-order valence-corrected chi connectivity index (χ2v) is 3.52. The van der Waals surface area contributed by atoms with Gasteiger partial charge in [-0.1, -0.05) is 0 Å². The Kier molecular flexibility index (Phi) is 3.10. The largest absolute Gasteiger partial charge is 0.381 e. The van der Waals surface area contributed by atoms with Crippen molar-refractivity contribution in [3.8, 4) is 0 Å². The van der Waals surface area contributed by atoms with Crippen LogP contribution < -0.4 is 5.32 Å². The number of anilines is 1. The quantitative estimate of drug-likeness (QED) is 0.803. The Hall–Kier alpha value is -1.97. The highest BCUT2D eigenvalue weighted by Crippen LogP contribution is 2.11. The van der Waals surface area contributed by atoms with E-state index in [0.29, 0.717) is 6.54 Å². The molecule has 16 heavy (non-hydrogen) atoms. The number of nitrogens with zero attached hydrogens (tertiary/aromatic N) is 2. The highest BCUT2D eigenvalue weighted by atomic mass is 19.1. The molecule has 2 rings (SSSR count). The monoisotopic (exact) mass is 217 g/mol. The lowest BCUT2D eigenvalue weighted by atomic mass is 10.1. The fraction of sp³-hybridized carbons (Fsp3) is 0.167. The molecule has 0 unspecified atom stereocenters. The number of halogens is 1. The molecule has 0 fully saturated rings. The van der Waals surface area contributed by atoms with Crippen LogP contribution >= 0.6 is 0 Å². The average molecular weight is 217 g/mol. The van der Waals surface area contributed by atoms with E-state index in [1.54, 1.807) is 12.3 Å². The van der Waals surface area contributed by atoms with Crippen molar-refractivity contribution < 1.29 is 4.39 Å². The number of aryl methyl sites for hydroxylation is 1. The zero-order chi connectivity index (χ0) is 11.4. The second-order valence-electron chi connectivity index (χ2n) is 3.52. The van der Waals surface area contributed by atoms with Gasteiger partial charge in [0.15, 0.2) is 0 Å². The molecule has 2 heterocycles. The average Bonchev–Trinajstić information content (AvgIpc) is 2.28. The van der Waals surface area contributed by atoms with Crippen LogP contribution in [0.1, 0.15) is 11.1 Å². The minimum atomic E-state index is -0.476. The van der Waals surface area contributed by atoms with E-state index in [-0.39, 0.29) is 0 Å². The number of pyridine rings is 2. The number of aromatic nitrogens is 2. The first-order valence-electron chi connectivity index (χ1n) is 5.00. The van der Waals surface area contributed by atoms with Gasteiger partial charge in [0, 0.05) is 36.9 Å². The standard InChI is InChI=1S/C12H12FN3/c1-9-7-14-4-2-10(9)8-16-11-3-5-15-12(13)6-11/h2-7H,8H2,1H3,(H,15,16). The summed E-state index contributed by atoms with van der Waals surface area (Å²) in [6.45, 7) is 2.65. The summed E-state index contributed by atoms with van der Waals surface area (Å²) in [7, 11) is 0. The van der Waals surface area contributed by atoms with E-state index in [1.165, 1.54) is 12.3 Å². The van der Waals surface area contributed by atoms with Crippen molar-refractivity contribution >= 4 is 5.69 Å². The third kappa shape index (κ3) is 2.53. The molecule has 0 aromatic carbocycles. The molecule has 0 saturated carbocycles. The molecular formula is C12H12FN3. The smallest absolute Gasteiger partial charge is 0.214 e. The minimum absolute atomic E-state index is 0.476. The van der Waals surface area contributed by atoms with E-state index in [9.17, 15) is 4.39 Å². The van der Waals surface area contributed by atoms with E-state index >= 15 is 0 Å². The van der Waals surface area contributed by atoms with Gasteiger partial charge >= 0.3 is 0 Å². The highest BCUT2D eigenvalue weighted by molar-refractivity contribution is 5.42. The van der Waals surface area contributed by atoms with Gasteiger partial charge in [-0.25, -0.2) is 4.98 Å². The molecule has 0 amide bonds. The third-order valence-corrected chi connectivity index (χ3v) is 2.35. The van der Waals surface area contributed by atoms with Crippen molar-refractivity contribution in [1.82, 2.24) is 9.97 Å². The third-order valence-electron chi connectivity index (χ3n) is 2.35. The molecule has 2 aromatic heterocycles. The zero-order valence-electron chi connectivity index (χ0n) is 8.94. The Morgan fingerprint density at radius 3 is 2.94 bits per heavy atom. The van der Waals surface area contributed by atoms with Crippen LogP contribution in [0.25, 0.3) is 0 Å². The van der Waals surface area contributed by atoms with Crippen LogP contribution in [0.5, 0.6) is 0 Å². The molecule has 1 N–H and O–H groups in total. The summed E-state index contributed by atoms with van der Waals surface area (Å²) >= 11 is 0. The molecular weight excluding hydrogens is 205 g/mol. The van der Waals surface area contributed by atoms with E-state index in [1.807, 2.05) is 19.2 Å². The highest BCUT2D eigenvalue weighted by Gasteiger charge is 1.98. The van der Waals surface area contributed by atoms with Crippen molar-refractivity contribution in [1.29, 1.82) is 0 Å². The zero-order valence-corrected chi connectivity index (χ0v) is 8.94. The molecule has 0 aliphatic heterocycles. The van der Waals surface area contributed by atoms with Crippen LogP contribution in [0.4, 0.5) is 10.1 Å². The van der Waals surface area contributed by atoms with Gasteiger partial charge in [0.1, 0.15) is 0 Å². The summed E-state index contributed by atoms with van der Waals surface area (Å²) in [6.07, 6.45) is 5.00. The fourth-order valence-electron chi connectivity index (χ4n) is 1.41. The predicted molar refractivity (Wildman–Crippen MR) is 60.5 cm³/mol. The van der Waals surface area contributed by atoms with Crippen molar-refractivity contribution in [2.24, 2.45) is 0 Å². The van der Waals surface area contributed by atoms with Gasteiger partial charge in [-0.3, -0.25) is 4.98 Å². The van der Waals surface area contributed by atoms with Crippen LogP contribution in [-0.4, -0.2) is 9.97 Å². The molecule has 0 aliphatic carbocycles. The summed E-state index contributed by atoms with van der Waals surface area (Å²) in [4.78, 5) is 7.51. The van der Waals surface area contributed by atoms with Crippen LogP contribution in [0.15, 0.2) is 36.8 Å². The lowest BCUT2D eigenvalue weighted by Crippen LogP contribution is -2.02. The first-order chi connectivity index (χ1) is 7.75. The molecule has 2 aromatic rings. The lowest BCUT2D eigenvalue weighted by molar-refractivity contribution is 0.584. The molecule has 3 nitrogen and oxygen atoms in total. The summed E-state index contributed by atoms with van der Waals surface area (Å²) < 4.78 is 12.8. The van der Waals surface area contributed by atoms with Gasteiger partial charge < -0.3 is 5.32 Å². The van der Waals surface area contributed by atoms with E-state index < -0.39 is 5.95 Å². The molecule has 0 saturated heterocycles. The Morgan fingerprint density at radius 2 is 2.19 bits per heavy atom. The maximum absolute atomic E-state index is 12.8. The van der Waals surface area contributed by atoms with Gasteiger partial charge in [-0.05, 0) is 30.2 Å². The van der Waals surface area contributed by atoms with Gasteiger partial charge in [0.25, 0.3) is 0 Å². The number of nitrogens with one attached hydrogen (secondary N) is 1. The maximum atomic E-state index is 12.8. The lowest BCUT2D eigenvalue weighted by Gasteiger charge is -2.08. The Morgan fingerprint density at radius 1 is 1.31 bits per heavy atom. The summed E-state index contributed by atoms with van der Waals surface area (Å²) in [5, 5.41) is 3.13. The molecule has 0 aliphatic rings. The van der Waals surface area contributed by atoms with Crippen molar-refractivity contribution in [3.63, 3.8) is 0 Å². The predicted octanol–water partition coefficient (Wildman–Crippen LogP) is 2.54. The first-order valence-corrected chi connectivity index (χ1v) is 5.00. The normalized spacial score (nSPS) is 10.1. The van der Waals surface area contributed by atoms with E-state index in [4.69, 9.17) is 0 Å². The molecule has 0 radical (unpaired) electrons.